The normalized spacial score (nSPS) is 16.7. The Labute approximate surface area is 197 Å². The topological polar surface area (TPSA) is 52.6 Å². The van der Waals surface area contributed by atoms with Gasteiger partial charge in [0.1, 0.15) is 0 Å². The molecule has 1 aliphatic heterocycles. The molecule has 0 bridgehead atoms. The van der Waals surface area contributed by atoms with E-state index in [2.05, 4.69) is 40.5 Å². The fourth-order valence-electron chi connectivity index (χ4n) is 2.66. The summed E-state index contributed by atoms with van der Waals surface area (Å²) in [5, 5.41) is 10.9. The largest absolute Gasteiger partial charge is 0.477 e. The number of hydrogen-bond donors (Lipinski definition) is 2. The van der Waals surface area contributed by atoms with E-state index in [-0.39, 0.29) is 0 Å². The fraction of sp³-hybridized carbons (Fsp3) is 0.611. The molecule has 1 aliphatic rings. The van der Waals surface area contributed by atoms with Gasteiger partial charge >= 0.3 is 47.7 Å². The van der Waals surface area contributed by atoms with Crippen LogP contribution >= 0.6 is 0 Å². The highest BCUT2D eigenvalue weighted by molar-refractivity contribution is 5.77. The number of aliphatic carboxylic acids is 1. The minimum absolute atomic E-state index is 1.11. The molecule has 1 aromatic carbocycles. The van der Waals surface area contributed by atoms with Crippen LogP contribution in [0.15, 0.2) is 30.3 Å². The summed E-state index contributed by atoms with van der Waals surface area (Å²) in [4.78, 5) is 12.1. The average molecular weight is 576 g/mol. The summed E-state index contributed by atoms with van der Waals surface area (Å²) in [7, 11) is 0. The third kappa shape index (κ3) is 5.50. The van der Waals surface area contributed by atoms with E-state index in [4.69, 9.17) is 5.11 Å². The first kappa shape index (κ1) is 32.4. The molecule has 37 heavy (non-hydrogen) atoms. The summed E-state index contributed by atoms with van der Waals surface area (Å²) in [6.45, 7) is 4.47. The zero-order valence-corrected chi connectivity index (χ0v) is 17.7. The Hall–Kier alpha value is -2.60. The van der Waals surface area contributed by atoms with Gasteiger partial charge in [0.2, 0.25) is 0 Å². The average Bonchev–Trinajstić information content (AvgIpc) is 2.79. The highest BCUT2D eigenvalue weighted by Gasteiger charge is 2.94. The molecule has 0 radical (unpaired) electrons. The maximum atomic E-state index is 12.8. The van der Waals surface area contributed by atoms with Gasteiger partial charge in [-0.2, -0.15) is 65.9 Å². The van der Waals surface area contributed by atoms with Gasteiger partial charge in [-0.25, -0.2) is 4.79 Å². The molecule has 1 fully saturated rings. The Balaban J connectivity index is 0.000000466. The number of carbonyl (C=O) groups is 1. The van der Waals surface area contributed by atoms with Gasteiger partial charge in [0.25, 0.3) is 0 Å². The van der Waals surface area contributed by atoms with Crippen molar-refractivity contribution in [1.82, 2.24) is 5.32 Å². The van der Waals surface area contributed by atoms with Gasteiger partial charge in [0, 0.05) is 31.9 Å². The summed E-state index contributed by atoms with van der Waals surface area (Å²) >= 11 is 0. The van der Waals surface area contributed by atoms with E-state index in [0.717, 1.165) is 26.2 Å². The molecule has 19 heteroatoms. The summed E-state index contributed by atoms with van der Waals surface area (Å²) in [5.41, 5.74) is 1.35. The maximum absolute atomic E-state index is 12.8. The molecule has 1 aromatic rings. The zero-order chi connectivity index (χ0) is 29.3. The summed E-state index contributed by atoms with van der Waals surface area (Å²) < 4.78 is 187. The number of carboxylic acids is 1. The predicted molar refractivity (Wildman–Crippen MR) is 94.9 cm³/mol. The molecule has 0 spiro atoms. The second kappa shape index (κ2) is 10.3. The van der Waals surface area contributed by atoms with Crippen LogP contribution in [0.25, 0.3) is 0 Å². The molecule has 0 unspecified atom stereocenters. The van der Waals surface area contributed by atoms with Crippen LogP contribution in [0.4, 0.5) is 71.5 Å². The zero-order valence-electron chi connectivity index (χ0n) is 17.7. The van der Waals surface area contributed by atoms with E-state index >= 15 is 0 Å². The number of hydrogen-bond acceptors (Lipinski definition) is 3. The molecule has 214 valence electrons. The molecule has 4 nitrogen and oxygen atoms in total. The summed E-state index contributed by atoms with van der Waals surface area (Å²) in [6.07, 6.45) is -7.69. The summed E-state index contributed by atoms with van der Waals surface area (Å²) in [6, 6.07) is 10.6. The van der Waals surface area contributed by atoms with Gasteiger partial charge in [-0.1, -0.05) is 18.2 Å². The monoisotopic (exact) mass is 576 g/mol. The molecular weight excluding hydrogens is 561 g/mol. The maximum Gasteiger partial charge on any atom is 0.460 e. The number of anilines is 1. The van der Waals surface area contributed by atoms with E-state index in [9.17, 15) is 70.7 Å². The third-order valence-corrected chi connectivity index (χ3v) is 4.83. The third-order valence-electron chi connectivity index (χ3n) is 4.83. The van der Waals surface area contributed by atoms with Crippen LogP contribution < -0.4 is 10.2 Å². The van der Waals surface area contributed by atoms with Crippen molar-refractivity contribution in [3.63, 3.8) is 0 Å². The lowest BCUT2D eigenvalue weighted by atomic mass is 9.91. The lowest BCUT2D eigenvalue weighted by molar-refractivity contribution is -0.450. The van der Waals surface area contributed by atoms with E-state index in [1.807, 2.05) is 0 Å². The lowest BCUT2D eigenvalue weighted by Gasteiger charge is -2.40. The molecule has 2 N–H and O–H groups in total. The fourth-order valence-corrected chi connectivity index (χ4v) is 2.66. The van der Waals surface area contributed by atoms with Gasteiger partial charge in [-0.15, -0.1) is 0 Å². The Morgan fingerprint density at radius 3 is 1.41 bits per heavy atom. The second-order valence-corrected chi connectivity index (χ2v) is 7.32. The van der Waals surface area contributed by atoms with Crippen molar-refractivity contribution in [2.45, 2.75) is 41.7 Å². The van der Waals surface area contributed by atoms with Crippen molar-refractivity contribution >= 4 is 11.7 Å². The van der Waals surface area contributed by atoms with Gasteiger partial charge in [0.05, 0.1) is 0 Å². The first-order valence-electron chi connectivity index (χ1n) is 9.49. The van der Waals surface area contributed by atoms with Crippen molar-refractivity contribution in [2.24, 2.45) is 0 Å². The smallest absolute Gasteiger partial charge is 0.460 e. The number of rotatable bonds is 7. The Morgan fingerprint density at radius 2 is 1.03 bits per heavy atom. The van der Waals surface area contributed by atoms with Gasteiger partial charge in [-0.3, -0.25) is 0 Å². The summed E-state index contributed by atoms with van der Waals surface area (Å²) in [5.74, 6) is -52.8. The minimum Gasteiger partial charge on any atom is -0.477 e. The number of benzene rings is 1. The van der Waals surface area contributed by atoms with Crippen molar-refractivity contribution in [3.05, 3.63) is 30.3 Å². The quantitative estimate of drug-likeness (QED) is 0.419. The van der Waals surface area contributed by atoms with Gasteiger partial charge < -0.3 is 15.3 Å². The van der Waals surface area contributed by atoms with E-state index in [0.29, 0.717) is 0 Å². The van der Waals surface area contributed by atoms with Crippen LogP contribution in [-0.4, -0.2) is 79.0 Å². The van der Waals surface area contributed by atoms with Crippen LogP contribution in [0.2, 0.25) is 0 Å². The predicted octanol–water partition coefficient (Wildman–Crippen LogP) is 5.54. The van der Waals surface area contributed by atoms with E-state index in [1.165, 1.54) is 5.69 Å². The number of alkyl halides is 15. The SMILES string of the molecule is O=C(O)C(F)(F)C(F)(F)C(F)(F)C(F)(F)C(F)(F)C(F)(F)C(F)(F)F.c1ccc(N2CCNCC2)cc1. The first-order chi connectivity index (χ1) is 16.4. The number of piperazine rings is 1. The van der Waals surface area contributed by atoms with E-state index in [1.54, 1.807) is 0 Å². The van der Waals surface area contributed by atoms with Crippen LogP contribution in [0, 0.1) is 0 Å². The molecule has 0 aromatic heterocycles. The second-order valence-electron chi connectivity index (χ2n) is 7.32. The molecule has 0 saturated carbocycles. The molecule has 1 saturated heterocycles. The molecule has 0 atom stereocenters. The van der Waals surface area contributed by atoms with Crippen LogP contribution in [0.3, 0.4) is 0 Å². The van der Waals surface area contributed by atoms with Gasteiger partial charge in [0.15, 0.2) is 0 Å². The first-order valence-corrected chi connectivity index (χ1v) is 9.49. The van der Waals surface area contributed by atoms with Crippen molar-refractivity contribution < 1.29 is 75.8 Å². The van der Waals surface area contributed by atoms with Crippen LogP contribution in [-0.2, 0) is 4.79 Å². The Morgan fingerprint density at radius 1 is 0.649 bits per heavy atom. The number of para-hydroxylation sites is 1. The van der Waals surface area contributed by atoms with Crippen LogP contribution in [0.1, 0.15) is 0 Å². The molecule has 0 amide bonds. The van der Waals surface area contributed by atoms with Crippen LogP contribution in [0.5, 0.6) is 0 Å². The minimum atomic E-state index is -8.47. The number of halogens is 15. The van der Waals surface area contributed by atoms with Gasteiger partial charge in [-0.05, 0) is 12.1 Å². The molecular formula is C18H15F15N2O2. The van der Waals surface area contributed by atoms with E-state index < -0.39 is 47.7 Å². The highest BCUT2D eigenvalue weighted by Crippen LogP contribution is 2.62. The van der Waals surface area contributed by atoms with Crippen molar-refractivity contribution in [1.29, 1.82) is 0 Å². The molecule has 2 rings (SSSR count). The number of nitrogens with one attached hydrogen (secondary N) is 1. The standard InChI is InChI=1S/C10H14N2.C8HF15O2/c1-2-4-10(5-3-1)12-8-6-11-7-9-12;9-2(10,1(24)25)3(11,12)4(13,14)5(15,16)6(17,18)7(19,20)8(21,22)23/h1-5,11H,6-9H2;(H,24,25). The Kier molecular flexibility index (Phi) is 9.01. The lowest BCUT2D eigenvalue weighted by Crippen LogP contribution is -2.73. The molecule has 0 aliphatic carbocycles. The van der Waals surface area contributed by atoms with Crippen molar-refractivity contribution in [2.75, 3.05) is 31.1 Å². The molecule has 1 heterocycles. The van der Waals surface area contributed by atoms with Crippen molar-refractivity contribution in [3.8, 4) is 0 Å². The Bertz CT molecular complexity index is 913. The number of nitrogens with zero attached hydrogens (tertiary/aromatic N) is 1. The number of carboxylic acid groups (broad SMARTS) is 1. The highest BCUT2D eigenvalue weighted by atomic mass is 19.4.